The van der Waals surface area contributed by atoms with E-state index in [4.69, 9.17) is 19.3 Å². The van der Waals surface area contributed by atoms with E-state index in [0.29, 0.717) is 32.1 Å². The molecule has 4 rings (SSSR count). The predicted molar refractivity (Wildman–Crippen MR) is 145 cm³/mol. The van der Waals surface area contributed by atoms with Gasteiger partial charge in [-0.1, -0.05) is 60.7 Å². The summed E-state index contributed by atoms with van der Waals surface area (Å²) in [7, 11) is 3.57. The number of rotatable bonds is 13. The molecule has 0 saturated carbocycles. The molecule has 0 aliphatic carbocycles. The molecule has 194 valence electrons. The Morgan fingerprint density at radius 3 is 2.35 bits per heavy atom. The van der Waals surface area contributed by atoms with Gasteiger partial charge in [0.25, 0.3) is 0 Å². The third-order valence-corrected chi connectivity index (χ3v) is 5.99. The van der Waals surface area contributed by atoms with Crippen molar-refractivity contribution in [2.24, 2.45) is 7.05 Å². The van der Waals surface area contributed by atoms with Gasteiger partial charge in [0.1, 0.15) is 29.9 Å². The van der Waals surface area contributed by atoms with E-state index in [2.05, 4.69) is 4.90 Å². The van der Waals surface area contributed by atoms with Gasteiger partial charge in [-0.3, -0.25) is 4.90 Å². The topological polar surface area (TPSA) is 69.0 Å². The van der Waals surface area contributed by atoms with Crippen molar-refractivity contribution in [2.45, 2.75) is 19.6 Å². The minimum absolute atomic E-state index is 0.193. The van der Waals surface area contributed by atoms with Crippen molar-refractivity contribution in [3.05, 3.63) is 96.1 Å². The molecule has 1 aromatic heterocycles. The molecular formula is C30H35N3O4. The Labute approximate surface area is 218 Å². The quantitative estimate of drug-likeness (QED) is 0.276. The second-order valence-corrected chi connectivity index (χ2v) is 9.05. The van der Waals surface area contributed by atoms with Crippen molar-refractivity contribution >= 4 is 0 Å². The number of methoxy groups -OCH3 is 1. The lowest BCUT2D eigenvalue weighted by Gasteiger charge is -2.25. The van der Waals surface area contributed by atoms with Gasteiger partial charge in [0.05, 0.1) is 12.2 Å². The number of hydrogen-bond donors (Lipinski definition) is 1. The summed E-state index contributed by atoms with van der Waals surface area (Å²) < 4.78 is 19.3. The highest BCUT2D eigenvalue weighted by atomic mass is 16.5. The highest BCUT2D eigenvalue weighted by Gasteiger charge is 2.23. The molecule has 7 nitrogen and oxygen atoms in total. The van der Waals surface area contributed by atoms with Crippen LogP contribution in [-0.4, -0.2) is 59.3 Å². The normalized spacial score (nSPS) is 12.0. The Kier molecular flexibility index (Phi) is 9.32. The summed E-state index contributed by atoms with van der Waals surface area (Å²) in [5, 5.41) is 15.7. The summed E-state index contributed by atoms with van der Waals surface area (Å²) in [5.41, 5.74) is 3.92. The molecular weight excluding hydrogens is 466 g/mol. The highest BCUT2D eigenvalue weighted by Crippen LogP contribution is 2.34. The highest BCUT2D eigenvalue weighted by molar-refractivity contribution is 5.65. The van der Waals surface area contributed by atoms with Crippen LogP contribution in [-0.2, 0) is 18.3 Å². The fourth-order valence-electron chi connectivity index (χ4n) is 4.18. The Morgan fingerprint density at radius 1 is 0.946 bits per heavy atom. The van der Waals surface area contributed by atoms with Crippen molar-refractivity contribution in [1.82, 2.24) is 14.7 Å². The van der Waals surface area contributed by atoms with Gasteiger partial charge in [-0.05, 0) is 36.8 Å². The van der Waals surface area contributed by atoms with Crippen LogP contribution in [0, 0.1) is 6.92 Å². The van der Waals surface area contributed by atoms with Crippen molar-refractivity contribution in [3.8, 4) is 28.6 Å². The van der Waals surface area contributed by atoms with E-state index in [1.165, 1.54) is 0 Å². The fourth-order valence-corrected chi connectivity index (χ4v) is 4.18. The molecule has 0 aliphatic heterocycles. The summed E-state index contributed by atoms with van der Waals surface area (Å²) in [6.07, 6.45) is -0.685. The molecule has 37 heavy (non-hydrogen) atoms. The second kappa shape index (κ2) is 13.1. The van der Waals surface area contributed by atoms with Crippen molar-refractivity contribution in [1.29, 1.82) is 0 Å². The third kappa shape index (κ3) is 7.43. The molecule has 0 saturated heterocycles. The van der Waals surface area contributed by atoms with Gasteiger partial charge in [-0.25, -0.2) is 4.68 Å². The Bertz CT molecular complexity index is 1240. The predicted octanol–water partition coefficient (Wildman–Crippen LogP) is 5.08. The van der Waals surface area contributed by atoms with E-state index in [-0.39, 0.29) is 6.61 Å². The maximum absolute atomic E-state index is 10.8. The monoisotopic (exact) mass is 501 g/mol. The number of ether oxygens (including phenoxy) is 3. The number of aryl methyl sites for hydroxylation is 2. The van der Waals surface area contributed by atoms with E-state index in [1.54, 1.807) is 11.8 Å². The van der Waals surface area contributed by atoms with E-state index in [1.807, 2.05) is 98.9 Å². The van der Waals surface area contributed by atoms with Crippen molar-refractivity contribution < 1.29 is 19.3 Å². The zero-order chi connectivity index (χ0) is 26.0. The molecule has 4 aromatic rings. The lowest BCUT2D eigenvalue weighted by molar-refractivity contribution is 0.0540. The molecule has 0 spiro atoms. The molecule has 7 heteroatoms. The third-order valence-electron chi connectivity index (χ3n) is 5.99. The van der Waals surface area contributed by atoms with Gasteiger partial charge >= 0.3 is 0 Å². The number of aromatic nitrogens is 2. The van der Waals surface area contributed by atoms with Crippen LogP contribution in [0.25, 0.3) is 11.3 Å². The smallest absolute Gasteiger partial charge is 0.222 e. The molecule has 0 aliphatic rings. The summed E-state index contributed by atoms with van der Waals surface area (Å²) in [6.45, 7) is 4.32. The van der Waals surface area contributed by atoms with Crippen LogP contribution >= 0.6 is 0 Å². The van der Waals surface area contributed by atoms with Gasteiger partial charge in [-0.2, -0.15) is 5.10 Å². The molecule has 0 bridgehead atoms. The van der Waals surface area contributed by atoms with E-state index in [9.17, 15) is 5.11 Å². The number of para-hydroxylation sites is 1. The van der Waals surface area contributed by atoms with Crippen LogP contribution in [0.3, 0.4) is 0 Å². The van der Waals surface area contributed by atoms with Crippen LogP contribution < -0.4 is 9.47 Å². The van der Waals surface area contributed by atoms with E-state index in [0.717, 1.165) is 33.9 Å². The molecule has 1 unspecified atom stereocenters. The number of hydrogen-bond acceptors (Lipinski definition) is 6. The number of nitrogens with zero attached hydrogens (tertiary/aromatic N) is 3. The zero-order valence-electron chi connectivity index (χ0n) is 21.7. The van der Waals surface area contributed by atoms with Crippen molar-refractivity contribution in [2.75, 3.05) is 33.4 Å². The molecule has 0 radical (unpaired) electrons. The van der Waals surface area contributed by atoms with Crippen LogP contribution in [0.15, 0.2) is 84.9 Å². The standard InChI is InChI=1S/C30H35N3O4/c1-23-11-10-16-27(19-23)37-30-28(29(31-32(30)2)24-12-6-4-7-13-24)21-33(17-18-35-3)20-25(34)22-36-26-14-8-5-9-15-26/h4-16,19,25,34H,17-18,20-22H2,1-3H3. The summed E-state index contributed by atoms with van der Waals surface area (Å²) in [4.78, 5) is 2.15. The van der Waals surface area contributed by atoms with Gasteiger partial charge < -0.3 is 19.3 Å². The lowest BCUT2D eigenvalue weighted by atomic mass is 10.1. The number of benzene rings is 3. The van der Waals surface area contributed by atoms with Gasteiger partial charge in [0.2, 0.25) is 5.88 Å². The molecule has 0 amide bonds. The summed E-state index contributed by atoms with van der Waals surface area (Å²) >= 11 is 0. The van der Waals surface area contributed by atoms with Crippen LogP contribution in [0.1, 0.15) is 11.1 Å². The summed E-state index contributed by atoms with van der Waals surface area (Å²) in [6, 6.07) is 27.6. The molecule has 3 aromatic carbocycles. The first kappa shape index (κ1) is 26.4. The number of aliphatic hydroxyl groups is 1. The molecule has 0 fully saturated rings. The first-order chi connectivity index (χ1) is 18.0. The second-order valence-electron chi connectivity index (χ2n) is 9.05. The first-order valence-electron chi connectivity index (χ1n) is 12.5. The van der Waals surface area contributed by atoms with Crippen molar-refractivity contribution in [3.63, 3.8) is 0 Å². The zero-order valence-corrected chi connectivity index (χ0v) is 21.7. The fraction of sp³-hybridized carbons (Fsp3) is 0.300. The average Bonchev–Trinajstić information content (AvgIpc) is 3.21. The molecule has 1 heterocycles. The van der Waals surface area contributed by atoms with E-state index >= 15 is 0 Å². The molecule has 1 N–H and O–H groups in total. The Morgan fingerprint density at radius 2 is 1.65 bits per heavy atom. The van der Waals surface area contributed by atoms with Gasteiger partial charge in [0.15, 0.2) is 0 Å². The average molecular weight is 502 g/mol. The first-order valence-corrected chi connectivity index (χ1v) is 12.5. The SMILES string of the molecule is COCCN(Cc1c(-c2ccccc2)nn(C)c1Oc1cccc(C)c1)CC(O)COc1ccccc1. The maximum Gasteiger partial charge on any atom is 0.222 e. The lowest BCUT2D eigenvalue weighted by Crippen LogP contribution is -2.37. The molecule has 1 atom stereocenters. The minimum atomic E-state index is -0.685. The number of aliphatic hydroxyl groups excluding tert-OH is 1. The minimum Gasteiger partial charge on any atom is -0.491 e. The van der Waals surface area contributed by atoms with Crippen LogP contribution in [0.2, 0.25) is 0 Å². The Hall–Kier alpha value is -3.65. The summed E-state index contributed by atoms with van der Waals surface area (Å²) in [5.74, 6) is 2.16. The largest absolute Gasteiger partial charge is 0.491 e. The van der Waals surface area contributed by atoms with Gasteiger partial charge in [-0.15, -0.1) is 0 Å². The Balaban J connectivity index is 1.60. The van der Waals surface area contributed by atoms with Gasteiger partial charge in [0, 0.05) is 39.4 Å². The van der Waals surface area contributed by atoms with Crippen LogP contribution in [0.5, 0.6) is 17.4 Å². The maximum atomic E-state index is 10.8. The van der Waals surface area contributed by atoms with E-state index < -0.39 is 6.10 Å². The van der Waals surface area contributed by atoms with Crippen LogP contribution in [0.4, 0.5) is 0 Å².